The van der Waals surface area contributed by atoms with Gasteiger partial charge in [0.2, 0.25) is 0 Å². The zero-order chi connectivity index (χ0) is 9.68. The minimum atomic E-state index is 0.429. The maximum absolute atomic E-state index is 5.73. The monoisotopic (exact) mass is 178 g/mol. The van der Waals surface area contributed by atoms with Crippen molar-refractivity contribution in [1.82, 2.24) is 0 Å². The number of hydrogen-bond acceptors (Lipinski definition) is 3. The standard InChI is InChI=1S/C10H14N2O/c1-8(7-11)5-9(12)6-10-3-2-4-13-10/h2-5H,1,6-7,11-12H2. The van der Waals surface area contributed by atoms with E-state index in [1.54, 1.807) is 12.3 Å². The predicted molar refractivity (Wildman–Crippen MR) is 52.9 cm³/mol. The molecule has 0 aliphatic heterocycles. The van der Waals surface area contributed by atoms with E-state index in [1.807, 2.05) is 12.1 Å². The first kappa shape index (κ1) is 9.61. The maximum atomic E-state index is 5.73. The van der Waals surface area contributed by atoms with Gasteiger partial charge in [-0.05, 0) is 23.8 Å². The van der Waals surface area contributed by atoms with E-state index in [0.29, 0.717) is 18.7 Å². The van der Waals surface area contributed by atoms with Crippen molar-refractivity contribution < 1.29 is 4.42 Å². The van der Waals surface area contributed by atoms with Gasteiger partial charge >= 0.3 is 0 Å². The van der Waals surface area contributed by atoms with Crippen molar-refractivity contribution in [2.75, 3.05) is 6.54 Å². The molecule has 0 unspecified atom stereocenters. The van der Waals surface area contributed by atoms with E-state index in [1.165, 1.54) is 0 Å². The van der Waals surface area contributed by atoms with E-state index < -0.39 is 0 Å². The van der Waals surface area contributed by atoms with Gasteiger partial charge in [0.05, 0.1) is 6.26 Å². The Labute approximate surface area is 77.7 Å². The lowest BCUT2D eigenvalue weighted by Crippen LogP contribution is -2.05. The minimum Gasteiger partial charge on any atom is -0.469 e. The molecule has 0 bridgehead atoms. The summed E-state index contributed by atoms with van der Waals surface area (Å²) in [6, 6.07) is 3.71. The summed E-state index contributed by atoms with van der Waals surface area (Å²) in [6.45, 7) is 4.16. The Kier molecular flexibility index (Phi) is 3.34. The molecule has 0 fully saturated rings. The summed E-state index contributed by atoms with van der Waals surface area (Å²) >= 11 is 0. The maximum Gasteiger partial charge on any atom is 0.109 e. The molecule has 13 heavy (non-hydrogen) atoms. The van der Waals surface area contributed by atoms with Gasteiger partial charge in [-0.1, -0.05) is 6.58 Å². The van der Waals surface area contributed by atoms with Crippen LogP contribution >= 0.6 is 0 Å². The second-order valence-electron chi connectivity index (χ2n) is 2.84. The molecule has 0 saturated carbocycles. The lowest BCUT2D eigenvalue weighted by Gasteiger charge is -1.99. The fraction of sp³-hybridized carbons (Fsp3) is 0.200. The van der Waals surface area contributed by atoms with Crippen LogP contribution in [0, 0.1) is 0 Å². The normalized spacial score (nSPS) is 11.6. The summed E-state index contributed by atoms with van der Waals surface area (Å²) in [5.74, 6) is 0.846. The lowest BCUT2D eigenvalue weighted by atomic mass is 10.2. The average Bonchev–Trinajstić information content (AvgIpc) is 2.56. The zero-order valence-electron chi connectivity index (χ0n) is 7.49. The smallest absolute Gasteiger partial charge is 0.109 e. The first-order chi connectivity index (χ1) is 6.22. The summed E-state index contributed by atoms with van der Waals surface area (Å²) in [7, 11) is 0. The van der Waals surface area contributed by atoms with Crippen LogP contribution in [0.15, 0.2) is 46.7 Å². The van der Waals surface area contributed by atoms with Crippen LogP contribution in [0.3, 0.4) is 0 Å². The van der Waals surface area contributed by atoms with Gasteiger partial charge in [-0.3, -0.25) is 0 Å². The van der Waals surface area contributed by atoms with E-state index in [2.05, 4.69) is 6.58 Å². The highest BCUT2D eigenvalue weighted by atomic mass is 16.3. The highest BCUT2D eigenvalue weighted by Gasteiger charge is 1.97. The molecular weight excluding hydrogens is 164 g/mol. The van der Waals surface area contributed by atoms with Crippen molar-refractivity contribution >= 4 is 0 Å². The molecule has 0 radical (unpaired) electrons. The number of allylic oxidation sites excluding steroid dienone is 1. The average molecular weight is 178 g/mol. The Hall–Kier alpha value is -1.48. The van der Waals surface area contributed by atoms with E-state index in [0.717, 1.165) is 11.3 Å². The number of rotatable bonds is 4. The predicted octanol–water partition coefficient (Wildman–Crippen LogP) is 1.18. The Morgan fingerprint density at radius 2 is 2.38 bits per heavy atom. The van der Waals surface area contributed by atoms with Crippen LogP contribution in [0.2, 0.25) is 0 Å². The van der Waals surface area contributed by atoms with E-state index in [-0.39, 0.29) is 0 Å². The minimum absolute atomic E-state index is 0.429. The van der Waals surface area contributed by atoms with Crippen molar-refractivity contribution in [3.05, 3.63) is 48.1 Å². The molecule has 4 N–H and O–H groups in total. The zero-order valence-corrected chi connectivity index (χ0v) is 7.49. The Morgan fingerprint density at radius 1 is 1.62 bits per heavy atom. The second kappa shape index (κ2) is 4.52. The largest absolute Gasteiger partial charge is 0.469 e. The van der Waals surface area contributed by atoms with Crippen LogP contribution in [0.4, 0.5) is 0 Å². The van der Waals surface area contributed by atoms with E-state index in [4.69, 9.17) is 15.9 Å². The molecule has 0 amide bonds. The lowest BCUT2D eigenvalue weighted by molar-refractivity contribution is 0.519. The van der Waals surface area contributed by atoms with Gasteiger partial charge in [0.1, 0.15) is 5.76 Å². The molecule has 0 saturated heterocycles. The summed E-state index contributed by atoms with van der Waals surface area (Å²) < 4.78 is 5.14. The Bertz CT molecular complexity index is 299. The van der Waals surface area contributed by atoms with E-state index in [9.17, 15) is 0 Å². The van der Waals surface area contributed by atoms with Crippen LogP contribution in [-0.2, 0) is 6.42 Å². The topological polar surface area (TPSA) is 65.2 Å². The van der Waals surface area contributed by atoms with Gasteiger partial charge in [-0.2, -0.15) is 0 Å². The molecule has 0 aliphatic carbocycles. The van der Waals surface area contributed by atoms with Gasteiger partial charge < -0.3 is 15.9 Å². The molecule has 1 aromatic heterocycles. The first-order valence-corrected chi connectivity index (χ1v) is 4.08. The molecule has 1 rings (SSSR count). The highest BCUT2D eigenvalue weighted by Crippen LogP contribution is 2.06. The third-order valence-corrected chi connectivity index (χ3v) is 1.61. The van der Waals surface area contributed by atoms with Gasteiger partial charge in [-0.15, -0.1) is 0 Å². The number of furan rings is 1. The molecule has 3 heteroatoms. The number of nitrogens with two attached hydrogens (primary N) is 2. The molecule has 0 aliphatic rings. The molecule has 0 aromatic carbocycles. The second-order valence-corrected chi connectivity index (χ2v) is 2.84. The van der Waals surface area contributed by atoms with Crippen LogP contribution < -0.4 is 11.5 Å². The molecular formula is C10H14N2O. The third-order valence-electron chi connectivity index (χ3n) is 1.61. The quantitative estimate of drug-likeness (QED) is 0.680. The molecule has 70 valence electrons. The molecule has 3 nitrogen and oxygen atoms in total. The van der Waals surface area contributed by atoms with Crippen molar-refractivity contribution in [3.8, 4) is 0 Å². The first-order valence-electron chi connectivity index (χ1n) is 4.08. The molecule has 0 atom stereocenters. The highest BCUT2D eigenvalue weighted by molar-refractivity contribution is 5.22. The summed E-state index contributed by atoms with van der Waals surface area (Å²) in [5, 5.41) is 0. The summed E-state index contributed by atoms with van der Waals surface area (Å²) in [4.78, 5) is 0. The van der Waals surface area contributed by atoms with Crippen LogP contribution in [0.5, 0.6) is 0 Å². The fourth-order valence-corrected chi connectivity index (χ4v) is 0.986. The van der Waals surface area contributed by atoms with Crippen molar-refractivity contribution in [3.63, 3.8) is 0 Å². The number of hydrogen-bond donors (Lipinski definition) is 2. The SMILES string of the molecule is C=C(C=C(N)Cc1ccco1)CN. The van der Waals surface area contributed by atoms with Gasteiger partial charge in [0.25, 0.3) is 0 Å². The Morgan fingerprint density at radius 3 is 2.92 bits per heavy atom. The molecule has 1 heterocycles. The van der Waals surface area contributed by atoms with Crippen LogP contribution in [0.25, 0.3) is 0 Å². The molecule has 1 aromatic rings. The summed E-state index contributed by atoms with van der Waals surface area (Å²) in [6.07, 6.45) is 4.01. The summed E-state index contributed by atoms with van der Waals surface area (Å²) in [5.41, 5.74) is 12.6. The van der Waals surface area contributed by atoms with Crippen LogP contribution in [-0.4, -0.2) is 6.54 Å². The van der Waals surface area contributed by atoms with Crippen molar-refractivity contribution in [2.24, 2.45) is 11.5 Å². The van der Waals surface area contributed by atoms with Crippen LogP contribution in [0.1, 0.15) is 5.76 Å². The molecule has 0 spiro atoms. The van der Waals surface area contributed by atoms with Gasteiger partial charge in [0.15, 0.2) is 0 Å². The third kappa shape index (κ3) is 3.17. The Balaban J connectivity index is 2.55. The van der Waals surface area contributed by atoms with E-state index >= 15 is 0 Å². The van der Waals surface area contributed by atoms with Crippen molar-refractivity contribution in [2.45, 2.75) is 6.42 Å². The van der Waals surface area contributed by atoms with Crippen molar-refractivity contribution in [1.29, 1.82) is 0 Å². The van der Waals surface area contributed by atoms with Gasteiger partial charge in [0, 0.05) is 18.7 Å². The van der Waals surface area contributed by atoms with Gasteiger partial charge in [-0.25, -0.2) is 0 Å². The fourth-order valence-electron chi connectivity index (χ4n) is 0.986.